The second-order valence-corrected chi connectivity index (χ2v) is 6.65. The third kappa shape index (κ3) is 5.08. The van der Waals surface area contributed by atoms with Gasteiger partial charge in [-0.2, -0.15) is 5.26 Å². The molecule has 0 saturated heterocycles. The molecule has 1 heterocycles. The molecule has 1 amide bonds. The van der Waals surface area contributed by atoms with Crippen molar-refractivity contribution in [3.8, 4) is 23.3 Å². The van der Waals surface area contributed by atoms with Crippen molar-refractivity contribution < 1.29 is 19.0 Å². The molecule has 0 fully saturated rings. The van der Waals surface area contributed by atoms with Crippen LogP contribution in [0.1, 0.15) is 30.0 Å². The summed E-state index contributed by atoms with van der Waals surface area (Å²) in [6.07, 6.45) is 4.17. The van der Waals surface area contributed by atoms with Gasteiger partial charge in [0.2, 0.25) is 11.7 Å². The molecule has 6 nitrogen and oxygen atoms in total. The summed E-state index contributed by atoms with van der Waals surface area (Å²) >= 11 is 0. The van der Waals surface area contributed by atoms with Gasteiger partial charge in [0.1, 0.15) is 13.2 Å². The lowest BCUT2D eigenvalue weighted by Crippen LogP contribution is -2.29. The van der Waals surface area contributed by atoms with Crippen LogP contribution in [0.15, 0.2) is 42.5 Å². The van der Waals surface area contributed by atoms with E-state index in [2.05, 4.69) is 6.07 Å². The summed E-state index contributed by atoms with van der Waals surface area (Å²) in [5.41, 5.74) is 2.39. The lowest BCUT2D eigenvalue weighted by molar-refractivity contribution is -0.126. The molecule has 0 spiro atoms. The fraction of sp³-hybridized carbons (Fsp3) is 0.304. The summed E-state index contributed by atoms with van der Waals surface area (Å²) in [6.45, 7) is 4.14. The van der Waals surface area contributed by atoms with Crippen molar-refractivity contribution in [3.05, 3.63) is 59.2 Å². The van der Waals surface area contributed by atoms with E-state index in [4.69, 9.17) is 19.5 Å². The van der Waals surface area contributed by atoms with Crippen molar-refractivity contribution in [1.82, 2.24) is 4.90 Å². The molecule has 2 aromatic rings. The number of fused-ring (bicyclic) bond motifs is 1. The van der Waals surface area contributed by atoms with Gasteiger partial charge in [-0.15, -0.1) is 0 Å². The molecule has 0 bridgehead atoms. The van der Waals surface area contributed by atoms with Gasteiger partial charge in [0.25, 0.3) is 0 Å². The highest BCUT2D eigenvalue weighted by Crippen LogP contribution is 2.40. The van der Waals surface area contributed by atoms with Crippen molar-refractivity contribution in [2.45, 2.75) is 19.9 Å². The normalized spacial score (nSPS) is 12.4. The molecule has 1 aliphatic heterocycles. The van der Waals surface area contributed by atoms with E-state index >= 15 is 0 Å². The Bertz CT molecular complexity index is 912. The molecule has 0 unspecified atom stereocenters. The van der Waals surface area contributed by atoms with Crippen LogP contribution in [0.2, 0.25) is 0 Å². The minimum absolute atomic E-state index is 0.0786. The Morgan fingerprint density at radius 2 is 2.00 bits per heavy atom. The van der Waals surface area contributed by atoms with Crippen molar-refractivity contribution in [2.24, 2.45) is 0 Å². The van der Waals surface area contributed by atoms with Crippen molar-refractivity contribution >= 4 is 12.0 Å². The zero-order valence-corrected chi connectivity index (χ0v) is 16.7. The highest BCUT2D eigenvalue weighted by atomic mass is 16.6. The minimum Gasteiger partial charge on any atom is -0.493 e. The van der Waals surface area contributed by atoms with Crippen LogP contribution in [0.4, 0.5) is 0 Å². The molecule has 1 aliphatic rings. The van der Waals surface area contributed by atoms with Crippen LogP contribution in [0, 0.1) is 11.3 Å². The Balaban J connectivity index is 1.75. The maximum atomic E-state index is 12.8. The van der Waals surface area contributed by atoms with E-state index in [-0.39, 0.29) is 5.91 Å². The monoisotopic (exact) mass is 392 g/mol. The number of carbonyl (C=O) groups is 1. The Morgan fingerprint density at radius 3 is 2.69 bits per heavy atom. The van der Waals surface area contributed by atoms with Crippen LogP contribution in [-0.2, 0) is 11.3 Å². The van der Waals surface area contributed by atoms with Crippen LogP contribution < -0.4 is 14.2 Å². The molecular formula is C23H24N2O4. The smallest absolute Gasteiger partial charge is 0.246 e. The molecule has 29 heavy (non-hydrogen) atoms. The van der Waals surface area contributed by atoms with Gasteiger partial charge in [-0.1, -0.05) is 19.1 Å². The van der Waals surface area contributed by atoms with Crippen LogP contribution >= 0.6 is 0 Å². The number of nitrogens with zero attached hydrogens (tertiary/aromatic N) is 2. The zero-order valence-electron chi connectivity index (χ0n) is 16.7. The molecule has 0 N–H and O–H groups in total. The quantitative estimate of drug-likeness (QED) is 0.671. The predicted octanol–water partition coefficient (Wildman–Crippen LogP) is 3.79. The topological polar surface area (TPSA) is 71.8 Å². The number of hydrogen-bond acceptors (Lipinski definition) is 5. The van der Waals surface area contributed by atoms with Crippen LogP contribution in [-0.4, -0.2) is 37.7 Å². The van der Waals surface area contributed by atoms with Gasteiger partial charge in [-0.05, 0) is 47.9 Å². The van der Waals surface area contributed by atoms with Crippen LogP contribution in [0.3, 0.4) is 0 Å². The highest BCUT2D eigenvalue weighted by Gasteiger charge is 2.18. The molecule has 0 saturated carbocycles. The Hall–Kier alpha value is -3.46. The van der Waals surface area contributed by atoms with Crippen molar-refractivity contribution in [1.29, 1.82) is 5.26 Å². The van der Waals surface area contributed by atoms with E-state index in [0.717, 1.165) is 17.5 Å². The van der Waals surface area contributed by atoms with Gasteiger partial charge < -0.3 is 19.1 Å². The fourth-order valence-electron chi connectivity index (χ4n) is 3.10. The summed E-state index contributed by atoms with van der Waals surface area (Å²) < 4.78 is 16.6. The van der Waals surface area contributed by atoms with Gasteiger partial charge in [0.05, 0.1) is 18.7 Å². The third-order valence-electron chi connectivity index (χ3n) is 4.53. The highest BCUT2D eigenvalue weighted by molar-refractivity contribution is 5.92. The van der Waals surface area contributed by atoms with E-state index in [1.807, 2.05) is 31.2 Å². The largest absolute Gasteiger partial charge is 0.493 e. The molecule has 0 aliphatic carbocycles. The first-order chi connectivity index (χ1) is 14.1. The summed E-state index contributed by atoms with van der Waals surface area (Å²) in [5, 5.41) is 8.92. The first kappa shape index (κ1) is 20.3. The fourth-order valence-corrected chi connectivity index (χ4v) is 3.10. The number of methoxy groups -OCH3 is 1. The molecule has 6 heteroatoms. The van der Waals surface area contributed by atoms with Gasteiger partial charge in [0.15, 0.2) is 11.5 Å². The first-order valence-corrected chi connectivity index (χ1v) is 9.58. The van der Waals surface area contributed by atoms with E-state index in [0.29, 0.717) is 49.1 Å². The summed E-state index contributed by atoms with van der Waals surface area (Å²) in [6, 6.07) is 13.1. The maximum absolute atomic E-state index is 12.8. The Labute approximate surface area is 170 Å². The number of amides is 1. The number of benzene rings is 2. The lowest BCUT2D eigenvalue weighted by Gasteiger charge is -2.21. The van der Waals surface area contributed by atoms with E-state index in [9.17, 15) is 4.79 Å². The van der Waals surface area contributed by atoms with Gasteiger partial charge in [0, 0.05) is 19.2 Å². The van der Waals surface area contributed by atoms with E-state index in [1.165, 1.54) is 0 Å². The maximum Gasteiger partial charge on any atom is 0.246 e. The number of nitriles is 1. The van der Waals surface area contributed by atoms with Crippen LogP contribution in [0.25, 0.3) is 6.08 Å². The third-order valence-corrected chi connectivity index (χ3v) is 4.53. The standard InChI is InChI=1S/C23H24N2O4/c1-3-10-25(16-18-6-4-17(15-24)5-7-18)22(26)9-8-19-13-20(27-2)23-21(14-19)28-11-12-29-23/h4-9,13-14H,3,10-12,16H2,1-2H3/b9-8+. The molecule has 150 valence electrons. The lowest BCUT2D eigenvalue weighted by atomic mass is 10.1. The average Bonchev–Trinajstić information content (AvgIpc) is 2.77. The van der Waals surface area contributed by atoms with Crippen LogP contribution in [0.5, 0.6) is 17.2 Å². The second-order valence-electron chi connectivity index (χ2n) is 6.65. The minimum atomic E-state index is -0.0786. The first-order valence-electron chi connectivity index (χ1n) is 9.58. The number of carbonyl (C=O) groups excluding carboxylic acids is 1. The van der Waals surface area contributed by atoms with Crippen molar-refractivity contribution in [3.63, 3.8) is 0 Å². The number of ether oxygens (including phenoxy) is 3. The molecular weight excluding hydrogens is 368 g/mol. The zero-order chi connectivity index (χ0) is 20.6. The van der Waals surface area contributed by atoms with Gasteiger partial charge in [-0.3, -0.25) is 4.79 Å². The van der Waals surface area contributed by atoms with E-state index in [1.54, 1.807) is 36.3 Å². The summed E-state index contributed by atoms with van der Waals surface area (Å²) in [7, 11) is 1.58. The van der Waals surface area contributed by atoms with Gasteiger partial charge >= 0.3 is 0 Å². The molecule has 0 atom stereocenters. The Kier molecular flexibility index (Phi) is 6.75. The summed E-state index contributed by atoms with van der Waals surface area (Å²) in [4.78, 5) is 14.6. The molecule has 0 radical (unpaired) electrons. The number of rotatable bonds is 7. The average molecular weight is 392 g/mol. The summed E-state index contributed by atoms with van der Waals surface area (Å²) in [5.74, 6) is 1.71. The van der Waals surface area contributed by atoms with Gasteiger partial charge in [-0.25, -0.2) is 0 Å². The predicted molar refractivity (Wildman–Crippen MR) is 110 cm³/mol. The second kappa shape index (κ2) is 9.65. The molecule has 0 aromatic heterocycles. The molecule has 2 aromatic carbocycles. The van der Waals surface area contributed by atoms with Crippen molar-refractivity contribution in [2.75, 3.05) is 26.9 Å². The SMILES string of the molecule is CCCN(Cc1ccc(C#N)cc1)C(=O)/C=C/c1cc(OC)c2c(c1)OCCO2. The van der Waals surface area contributed by atoms with E-state index < -0.39 is 0 Å². The Morgan fingerprint density at radius 1 is 1.24 bits per heavy atom. The molecule has 3 rings (SSSR count). The number of hydrogen-bond donors (Lipinski definition) is 0.